The number of nitrogens with two attached hydrogens (primary N) is 1. The Kier molecular flexibility index (Phi) is 6.47. The second kappa shape index (κ2) is 8.69. The van der Waals surface area contributed by atoms with Crippen molar-refractivity contribution < 1.29 is 22.8 Å². The van der Waals surface area contributed by atoms with Crippen molar-refractivity contribution >= 4 is 41.8 Å². The monoisotopic (exact) mass is 484 g/mol. The number of carbonyl (C=O) groups is 2. The molecule has 1 aromatic carbocycles. The maximum absolute atomic E-state index is 13.3. The number of urea groups is 1. The van der Waals surface area contributed by atoms with Crippen LogP contribution in [0.25, 0.3) is 0 Å². The highest BCUT2D eigenvalue weighted by Crippen LogP contribution is 2.35. The SMILES string of the molecule is CC1(C)CN(c2ncc(C(=O)N(CC3CC3)c3cccc(C(F)(F)F)c3)c(N)n2)C(=O)N1.Cl. The van der Waals surface area contributed by atoms with Gasteiger partial charge in [-0.1, -0.05) is 6.07 Å². The zero-order valence-electron chi connectivity index (χ0n) is 18.0. The van der Waals surface area contributed by atoms with Crippen LogP contribution in [-0.4, -0.2) is 40.5 Å². The van der Waals surface area contributed by atoms with Gasteiger partial charge in [0, 0.05) is 18.4 Å². The molecule has 4 rings (SSSR count). The summed E-state index contributed by atoms with van der Waals surface area (Å²) in [6.45, 7) is 4.27. The molecule has 1 aliphatic heterocycles. The van der Waals surface area contributed by atoms with Crippen LogP contribution in [0.2, 0.25) is 0 Å². The Labute approximate surface area is 194 Å². The highest BCUT2D eigenvalue weighted by molar-refractivity contribution is 6.09. The van der Waals surface area contributed by atoms with E-state index >= 15 is 0 Å². The molecule has 1 saturated carbocycles. The van der Waals surface area contributed by atoms with Crippen LogP contribution >= 0.6 is 12.4 Å². The molecule has 2 aliphatic rings. The third-order valence-corrected chi connectivity index (χ3v) is 5.39. The van der Waals surface area contributed by atoms with Crippen molar-refractivity contribution in [2.45, 2.75) is 38.4 Å². The Hall–Kier alpha value is -3.08. The van der Waals surface area contributed by atoms with Crippen molar-refractivity contribution in [3.05, 3.63) is 41.6 Å². The molecular formula is C21H24ClF3N6O2. The van der Waals surface area contributed by atoms with Crippen molar-refractivity contribution in [1.29, 1.82) is 0 Å². The van der Waals surface area contributed by atoms with Gasteiger partial charge in [0.1, 0.15) is 11.4 Å². The van der Waals surface area contributed by atoms with E-state index in [1.54, 1.807) is 0 Å². The first kappa shape index (κ1) is 24.6. The summed E-state index contributed by atoms with van der Waals surface area (Å²) >= 11 is 0. The van der Waals surface area contributed by atoms with Crippen LogP contribution in [0.15, 0.2) is 30.5 Å². The van der Waals surface area contributed by atoms with Crippen LogP contribution in [0.4, 0.5) is 35.4 Å². The third-order valence-electron chi connectivity index (χ3n) is 5.39. The van der Waals surface area contributed by atoms with Crippen molar-refractivity contribution in [3.63, 3.8) is 0 Å². The zero-order valence-corrected chi connectivity index (χ0v) is 18.8. The summed E-state index contributed by atoms with van der Waals surface area (Å²) in [6.07, 6.45) is -1.52. The molecule has 0 bridgehead atoms. The van der Waals surface area contributed by atoms with Gasteiger partial charge >= 0.3 is 12.2 Å². The molecule has 2 aromatic rings. The summed E-state index contributed by atoms with van der Waals surface area (Å²) < 4.78 is 39.6. The summed E-state index contributed by atoms with van der Waals surface area (Å²) in [5, 5.41) is 2.78. The van der Waals surface area contributed by atoms with Crippen molar-refractivity contribution in [2.75, 3.05) is 28.6 Å². The molecule has 3 amide bonds. The Bertz CT molecular complexity index is 1070. The largest absolute Gasteiger partial charge is 0.416 e. The van der Waals surface area contributed by atoms with Crippen molar-refractivity contribution in [2.24, 2.45) is 5.92 Å². The molecule has 12 heteroatoms. The number of aromatic nitrogens is 2. The Morgan fingerprint density at radius 2 is 2.03 bits per heavy atom. The van der Waals surface area contributed by atoms with Gasteiger partial charge in [0.25, 0.3) is 5.91 Å². The number of anilines is 3. The number of halogens is 4. The topological polar surface area (TPSA) is 104 Å². The summed E-state index contributed by atoms with van der Waals surface area (Å²) in [4.78, 5) is 36.3. The first-order valence-electron chi connectivity index (χ1n) is 10.2. The van der Waals surface area contributed by atoms with Gasteiger partial charge in [0.05, 0.1) is 17.6 Å². The number of benzene rings is 1. The van der Waals surface area contributed by atoms with Gasteiger partial charge in [-0.3, -0.25) is 9.69 Å². The van der Waals surface area contributed by atoms with E-state index in [2.05, 4.69) is 15.3 Å². The summed E-state index contributed by atoms with van der Waals surface area (Å²) in [7, 11) is 0. The molecule has 178 valence electrons. The highest BCUT2D eigenvalue weighted by Gasteiger charge is 2.38. The molecule has 1 aromatic heterocycles. The second-order valence-corrected chi connectivity index (χ2v) is 8.78. The molecule has 2 heterocycles. The van der Waals surface area contributed by atoms with E-state index in [-0.39, 0.29) is 53.9 Å². The molecule has 2 fully saturated rings. The minimum absolute atomic E-state index is 0. The van der Waals surface area contributed by atoms with Gasteiger partial charge in [-0.05, 0) is 50.8 Å². The molecular weight excluding hydrogens is 461 g/mol. The van der Waals surface area contributed by atoms with Gasteiger partial charge in [-0.15, -0.1) is 12.4 Å². The van der Waals surface area contributed by atoms with E-state index in [9.17, 15) is 22.8 Å². The molecule has 1 aliphatic carbocycles. The maximum Gasteiger partial charge on any atom is 0.416 e. The van der Waals surface area contributed by atoms with Crippen molar-refractivity contribution in [3.8, 4) is 0 Å². The number of amides is 3. The number of nitrogen functional groups attached to an aromatic ring is 1. The second-order valence-electron chi connectivity index (χ2n) is 8.78. The molecule has 3 N–H and O–H groups in total. The number of carbonyl (C=O) groups excluding carboxylic acids is 2. The van der Waals surface area contributed by atoms with Crippen LogP contribution < -0.4 is 20.9 Å². The Morgan fingerprint density at radius 1 is 1.33 bits per heavy atom. The fraction of sp³-hybridized carbons (Fsp3) is 0.429. The standard InChI is InChI=1S/C21H23F3N6O2.ClH/c1-20(2)11-30(19(32)28-20)18-26-9-15(16(25)27-18)17(31)29(10-12-6-7-12)14-5-3-4-13(8-14)21(22,23)24;/h3-5,8-9,12H,6-7,10-11H2,1-2H3,(H,28,32)(H2,25,26,27);1H. The average molecular weight is 485 g/mol. The molecule has 0 atom stereocenters. The molecule has 1 saturated heterocycles. The van der Waals surface area contributed by atoms with E-state index in [4.69, 9.17) is 5.73 Å². The Morgan fingerprint density at radius 3 is 2.58 bits per heavy atom. The van der Waals surface area contributed by atoms with E-state index in [1.165, 1.54) is 28.1 Å². The normalized spacial score (nSPS) is 17.4. The lowest BCUT2D eigenvalue weighted by Gasteiger charge is -2.24. The van der Waals surface area contributed by atoms with E-state index in [0.717, 1.165) is 25.0 Å². The lowest BCUT2D eigenvalue weighted by Crippen LogP contribution is -2.36. The lowest BCUT2D eigenvalue weighted by molar-refractivity contribution is -0.137. The lowest BCUT2D eigenvalue weighted by atomic mass is 10.1. The number of hydrogen-bond acceptors (Lipinski definition) is 5. The summed E-state index contributed by atoms with van der Waals surface area (Å²) in [6, 6.07) is 4.24. The maximum atomic E-state index is 13.3. The predicted octanol–water partition coefficient (Wildman–Crippen LogP) is 3.86. The van der Waals surface area contributed by atoms with Gasteiger partial charge in [-0.25, -0.2) is 9.78 Å². The summed E-state index contributed by atoms with van der Waals surface area (Å²) in [5.41, 5.74) is 4.80. The minimum Gasteiger partial charge on any atom is -0.383 e. The molecule has 0 unspecified atom stereocenters. The van der Waals surface area contributed by atoms with Gasteiger partial charge in [0.15, 0.2) is 0 Å². The number of hydrogen-bond donors (Lipinski definition) is 2. The van der Waals surface area contributed by atoms with Gasteiger partial charge in [0.2, 0.25) is 5.95 Å². The number of rotatable bonds is 5. The van der Waals surface area contributed by atoms with Crippen molar-refractivity contribution in [1.82, 2.24) is 15.3 Å². The molecule has 33 heavy (non-hydrogen) atoms. The van der Waals surface area contributed by atoms with Gasteiger partial charge in [-0.2, -0.15) is 18.2 Å². The van der Waals surface area contributed by atoms with Crippen LogP contribution in [0.1, 0.15) is 42.6 Å². The van der Waals surface area contributed by atoms with Gasteiger partial charge < -0.3 is 16.0 Å². The minimum atomic E-state index is -4.53. The molecule has 8 nitrogen and oxygen atoms in total. The summed E-state index contributed by atoms with van der Waals surface area (Å²) in [5.74, 6) is -0.475. The number of nitrogens with zero attached hydrogens (tertiary/aromatic N) is 4. The van der Waals surface area contributed by atoms with E-state index in [1.807, 2.05) is 13.8 Å². The highest BCUT2D eigenvalue weighted by atomic mass is 35.5. The fourth-order valence-corrected chi connectivity index (χ4v) is 3.56. The average Bonchev–Trinajstić information content (AvgIpc) is 3.48. The fourth-order valence-electron chi connectivity index (χ4n) is 3.56. The van der Waals surface area contributed by atoms with Crippen LogP contribution in [0.5, 0.6) is 0 Å². The zero-order chi connectivity index (χ0) is 23.3. The first-order chi connectivity index (χ1) is 14.9. The number of alkyl halides is 3. The quantitative estimate of drug-likeness (QED) is 0.670. The third kappa shape index (κ3) is 5.29. The van der Waals surface area contributed by atoms with Crippen LogP contribution in [-0.2, 0) is 6.18 Å². The van der Waals surface area contributed by atoms with E-state index in [0.29, 0.717) is 6.54 Å². The smallest absolute Gasteiger partial charge is 0.383 e. The predicted molar refractivity (Wildman–Crippen MR) is 119 cm³/mol. The number of nitrogens with one attached hydrogen (secondary N) is 1. The van der Waals surface area contributed by atoms with E-state index < -0.39 is 23.2 Å². The van der Waals surface area contributed by atoms with Crippen LogP contribution in [0.3, 0.4) is 0 Å². The van der Waals surface area contributed by atoms with Crippen LogP contribution in [0, 0.1) is 5.92 Å². The molecule has 0 spiro atoms. The molecule has 0 radical (unpaired) electrons. The Balaban J connectivity index is 0.00000306. The first-order valence-corrected chi connectivity index (χ1v) is 10.2.